The molecule has 7 nitrogen and oxygen atoms in total. The minimum absolute atomic E-state index is 0.0669. The monoisotopic (exact) mass is 327 g/mol. The number of hydrogen-bond acceptors (Lipinski definition) is 6. The summed E-state index contributed by atoms with van der Waals surface area (Å²) in [6, 6.07) is 5.96. The van der Waals surface area contributed by atoms with Gasteiger partial charge in [-0.25, -0.2) is 13.2 Å². The molecule has 1 heterocycles. The zero-order valence-corrected chi connectivity index (χ0v) is 12.9. The largest absolute Gasteiger partial charge is 0.497 e. The summed E-state index contributed by atoms with van der Waals surface area (Å²) in [6.07, 6.45) is 0.387. The number of sulfone groups is 1. The second-order valence-electron chi connectivity index (χ2n) is 4.98. The summed E-state index contributed by atoms with van der Waals surface area (Å²) in [6.45, 7) is -0.452. The van der Waals surface area contributed by atoms with Crippen molar-refractivity contribution in [2.24, 2.45) is 0 Å². The van der Waals surface area contributed by atoms with Crippen molar-refractivity contribution in [1.82, 2.24) is 5.32 Å². The normalized spacial score (nSPS) is 19.4. The molecule has 0 aliphatic carbocycles. The zero-order valence-electron chi connectivity index (χ0n) is 12.1. The Kier molecular flexibility index (Phi) is 5.02. The van der Waals surface area contributed by atoms with Gasteiger partial charge in [0.15, 0.2) is 16.4 Å². The number of hydrogen-bond donors (Lipinski definition) is 1. The van der Waals surface area contributed by atoms with Gasteiger partial charge in [0, 0.05) is 6.04 Å². The van der Waals surface area contributed by atoms with Crippen LogP contribution < -0.4 is 10.1 Å². The van der Waals surface area contributed by atoms with Gasteiger partial charge in [0.1, 0.15) is 5.75 Å². The summed E-state index contributed by atoms with van der Waals surface area (Å²) in [5.74, 6) is -0.647. The number of benzene rings is 1. The molecule has 1 aromatic rings. The fourth-order valence-electron chi connectivity index (χ4n) is 2.14. The van der Waals surface area contributed by atoms with Crippen LogP contribution in [0, 0.1) is 0 Å². The molecule has 120 valence electrons. The van der Waals surface area contributed by atoms with E-state index in [9.17, 15) is 18.0 Å². The van der Waals surface area contributed by atoms with Crippen LogP contribution in [0.4, 0.5) is 0 Å². The van der Waals surface area contributed by atoms with Crippen molar-refractivity contribution in [3.63, 3.8) is 0 Å². The van der Waals surface area contributed by atoms with Gasteiger partial charge < -0.3 is 14.8 Å². The summed E-state index contributed by atoms with van der Waals surface area (Å²) in [5, 5.41) is 2.54. The van der Waals surface area contributed by atoms with Gasteiger partial charge in [-0.15, -0.1) is 0 Å². The molecule has 1 N–H and O–H groups in total. The number of esters is 1. The summed E-state index contributed by atoms with van der Waals surface area (Å²) in [7, 11) is -1.58. The van der Waals surface area contributed by atoms with Crippen molar-refractivity contribution < 1.29 is 27.5 Å². The van der Waals surface area contributed by atoms with Gasteiger partial charge in [-0.3, -0.25) is 4.79 Å². The van der Waals surface area contributed by atoms with Crippen molar-refractivity contribution in [2.45, 2.75) is 12.5 Å². The Morgan fingerprint density at radius 1 is 1.36 bits per heavy atom. The molecule has 8 heteroatoms. The quantitative estimate of drug-likeness (QED) is 0.773. The molecule has 2 rings (SSSR count). The molecule has 0 bridgehead atoms. The molecule has 0 unspecified atom stereocenters. The number of nitrogens with one attached hydrogen (secondary N) is 1. The Labute approximate surface area is 128 Å². The van der Waals surface area contributed by atoms with E-state index >= 15 is 0 Å². The van der Waals surface area contributed by atoms with E-state index < -0.39 is 34.4 Å². The lowest BCUT2D eigenvalue weighted by Gasteiger charge is -2.11. The highest BCUT2D eigenvalue weighted by atomic mass is 32.2. The topological polar surface area (TPSA) is 98.8 Å². The maximum absolute atomic E-state index is 11.8. The number of ether oxygens (including phenoxy) is 2. The summed E-state index contributed by atoms with van der Waals surface area (Å²) in [5.41, 5.74) is 0.274. The van der Waals surface area contributed by atoms with Crippen LogP contribution in [0.3, 0.4) is 0 Å². The van der Waals surface area contributed by atoms with Crippen molar-refractivity contribution in [2.75, 3.05) is 25.2 Å². The Balaban J connectivity index is 1.82. The fraction of sp³-hybridized carbons (Fsp3) is 0.429. The SMILES string of the molecule is COc1cccc(C(=O)OCC(=O)N[C@H]2CCS(=O)(=O)C2)c1. The average Bonchev–Trinajstić information content (AvgIpc) is 2.83. The van der Waals surface area contributed by atoms with Crippen molar-refractivity contribution in [3.8, 4) is 5.75 Å². The van der Waals surface area contributed by atoms with E-state index in [1.807, 2.05) is 0 Å². The first-order valence-electron chi connectivity index (χ1n) is 6.70. The van der Waals surface area contributed by atoms with Crippen LogP contribution in [0.1, 0.15) is 16.8 Å². The van der Waals surface area contributed by atoms with Gasteiger partial charge in [0.05, 0.1) is 24.2 Å². The average molecular weight is 327 g/mol. The minimum atomic E-state index is -3.06. The zero-order chi connectivity index (χ0) is 16.2. The first kappa shape index (κ1) is 16.3. The van der Waals surface area contributed by atoms with E-state index in [1.165, 1.54) is 13.2 Å². The predicted molar refractivity (Wildman–Crippen MR) is 78.5 cm³/mol. The van der Waals surface area contributed by atoms with Gasteiger partial charge in [-0.1, -0.05) is 6.07 Å². The molecule has 22 heavy (non-hydrogen) atoms. The van der Waals surface area contributed by atoms with Crippen molar-refractivity contribution >= 4 is 21.7 Å². The lowest BCUT2D eigenvalue weighted by atomic mass is 10.2. The van der Waals surface area contributed by atoms with Crippen LogP contribution in [-0.2, 0) is 19.4 Å². The van der Waals surface area contributed by atoms with Crippen LogP contribution >= 0.6 is 0 Å². The molecule has 0 radical (unpaired) electrons. The Morgan fingerprint density at radius 3 is 2.77 bits per heavy atom. The van der Waals surface area contributed by atoms with Gasteiger partial charge in [-0.2, -0.15) is 0 Å². The third-order valence-corrected chi connectivity index (χ3v) is 5.01. The fourth-order valence-corrected chi connectivity index (χ4v) is 3.82. The molecule has 1 amide bonds. The molecule has 1 aliphatic heterocycles. The van der Waals surface area contributed by atoms with Crippen LogP contribution in [0.2, 0.25) is 0 Å². The maximum atomic E-state index is 11.8. The second kappa shape index (κ2) is 6.78. The molecule has 1 fully saturated rings. The van der Waals surface area contributed by atoms with Gasteiger partial charge in [0.2, 0.25) is 0 Å². The summed E-state index contributed by atoms with van der Waals surface area (Å²) >= 11 is 0. The number of amides is 1. The molecular weight excluding hydrogens is 310 g/mol. The molecule has 1 aliphatic rings. The van der Waals surface area contributed by atoms with E-state index in [-0.39, 0.29) is 17.1 Å². The lowest BCUT2D eigenvalue weighted by Crippen LogP contribution is -2.38. The van der Waals surface area contributed by atoms with Crippen LogP contribution in [0.15, 0.2) is 24.3 Å². The third kappa shape index (κ3) is 4.45. The van der Waals surface area contributed by atoms with Crippen molar-refractivity contribution in [1.29, 1.82) is 0 Å². The molecule has 1 atom stereocenters. The minimum Gasteiger partial charge on any atom is -0.497 e. The Bertz CT molecular complexity index is 670. The summed E-state index contributed by atoms with van der Waals surface area (Å²) in [4.78, 5) is 23.5. The molecule has 0 aromatic heterocycles. The molecule has 1 saturated heterocycles. The molecular formula is C14H17NO6S. The first-order chi connectivity index (χ1) is 10.4. The smallest absolute Gasteiger partial charge is 0.338 e. The highest BCUT2D eigenvalue weighted by molar-refractivity contribution is 7.91. The second-order valence-corrected chi connectivity index (χ2v) is 7.20. The first-order valence-corrected chi connectivity index (χ1v) is 8.53. The van der Waals surface area contributed by atoms with Crippen LogP contribution in [0.25, 0.3) is 0 Å². The highest BCUT2D eigenvalue weighted by Crippen LogP contribution is 2.13. The summed E-state index contributed by atoms with van der Waals surface area (Å²) < 4.78 is 32.5. The number of carbonyl (C=O) groups excluding carboxylic acids is 2. The molecule has 0 spiro atoms. The van der Waals surface area contributed by atoms with Gasteiger partial charge >= 0.3 is 5.97 Å². The number of rotatable bonds is 5. The van der Waals surface area contributed by atoms with E-state index in [0.717, 1.165) is 0 Å². The predicted octanol–water partition coefficient (Wildman–Crippen LogP) is 0.155. The Morgan fingerprint density at radius 2 is 2.14 bits per heavy atom. The third-order valence-electron chi connectivity index (χ3n) is 3.24. The Hall–Kier alpha value is -2.09. The van der Waals surface area contributed by atoms with E-state index in [2.05, 4.69) is 5.32 Å². The standard InChI is InChI=1S/C14H17NO6S/c1-20-12-4-2-3-10(7-12)14(17)21-8-13(16)15-11-5-6-22(18,19)9-11/h2-4,7,11H,5-6,8-9H2,1H3,(H,15,16)/t11-/m0/s1. The van der Waals surface area contributed by atoms with Gasteiger partial charge in [0.25, 0.3) is 5.91 Å². The van der Waals surface area contributed by atoms with E-state index in [0.29, 0.717) is 12.2 Å². The van der Waals surface area contributed by atoms with E-state index in [4.69, 9.17) is 9.47 Å². The molecule has 1 aromatic carbocycles. The maximum Gasteiger partial charge on any atom is 0.338 e. The van der Waals surface area contributed by atoms with Crippen LogP contribution in [0.5, 0.6) is 5.75 Å². The number of carbonyl (C=O) groups is 2. The van der Waals surface area contributed by atoms with Gasteiger partial charge in [-0.05, 0) is 24.6 Å². The highest BCUT2D eigenvalue weighted by Gasteiger charge is 2.29. The molecule has 0 saturated carbocycles. The lowest BCUT2D eigenvalue weighted by molar-refractivity contribution is -0.124. The van der Waals surface area contributed by atoms with E-state index in [1.54, 1.807) is 18.2 Å². The van der Waals surface area contributed by atoms with Crippen LogP contribution in [-0.4, -0.2) is 51.6 Å². The number of methoxy groups -OCH3 is 1. The van der Waals surface area contributed by atoms with Crippen molar-refractivity contribution in [3.05, 3.63) is 29.8 Å².